The predicted octanol–water partition coefficient (Wildman–Crippen LogP) is 4.55. The quantitative estimate of drug-likeness (QED) is 0.363. The lowest BCUT2D eigenvalue weighted by atomic mass is 10.0. The number of anilines is 1. The molecule has 0 aliphatic carbocycles. The van der Waals surface area contributed by atoms with E-state index in [2.05, 4.69) is 10.1 Å². The van der Waals surface area contributed by atoms with E-state index in [0.29, 0.717) is 17.0 Å². The van der Waals surface area contributed by atoms with Crippen LogP contribution in [-0.4, -0.2) is 25.6 Å². The number of carbonyl (C=O) groups is 2. The lowest BCUT2D eigenvalue weighted by Gasteiger charge is -2.12. The largest absolute Gasteiger partial charge is 0.481 e. The third kappa shape index (κ3) is 5.09. The van der Waals surface area contributed by atoms with Gasteiger partial charge in [-0.25, -0.2) is 4.79 Å². The zero-order chi connectivity index (χ0) is 22.4. The molecule has 0 fully saturated rings. The predicted molar refractivity (Wildman–Crippen MR) is 120 cm³/mol. The molecule has 3 aromatic carbocycles. The molecule has 3 rings (SSSR count). The second-order valence-corrected chi connectivity index (χ2v) is 7.00. The fourth-order valence-electron chi connectivity index (χ4n) is 3.32. The molecule has 6 nitrogen and oxygen atoms in total. The number of amides is 1. The summed E-state index contributed by atoms with van der Waals surface area (Å²) in [6.45, 7) is 3.47. The van der Waals surface area contributed by atoms with E-state index in [4.69, 9.17) is 4.74 Å². The zero-order valence-electron chi connectivity index (χ0n) is 17.6. The molecule has 0 spiro atoms. The number of hydrogen-bond acceptors (Lipinski definition) is 5. The number of ether oxygens (including phenoxy) is 2. The fourth-order valence-corrected chi connectivity index (χ4v) is 3.32. The molecule has 31 heavy (non-hydrogen) atoms. The number of benzene rings is 3. The lowest BCUT2D eigenvalue weighted by Crippen LogP contribution is -2.14. The fraction of sp³-hybridized carbons (Fsp3) is 0.160. The Balaban J connectivity index is 1.84. The van der Waals surface area contributed by atoms with Crippen molar-refractivity contribution in [3.63, 3.8) is 0 Å². The molecule has 3 aromatic rings. The zero-order valence-corrected chi connectivity index (χ0v) is 17.6. The molecule has 0 aliphatic rings. The molecule has 156 valence electrons. The van der Waals surface area contributed by atoms with E-state index >= 15 is 0 Å². The number of methoxy groups -OCH3 is 1. The van der Waals surface area contributed by atoms with Crippen LogP contribution in [0.4, 0.5) is 5.69 Å². The molecule has 1 amide bonds. The first-order valence-electron chi connectivity index (χ1n) is 9.64. The summed E-state index contributed by atoms with van der Waals surface area (Å²) in [5.41, 5.74) is 2.87. The topological polar surface area (TPSA) is 88.4 Å². The van der Waals surface area contributed by atoms with Crippen molar-refractivity contribution >= 4 is 34.4 Å². The first-order valence-corrected chi connectivity index (χ1v) is 9.64. The van der Waals surface area contributed by atoms with Gasteiger partial charge in [-0.2, -0.15) is 5.26 Å². The molecule has 0 aromatic heterocycles. The SMILES string of the molecule is COC(=O)COc1c(C)cc(/C=C(/C#N)C(=O)Nc2cccc3ccccc23)cc1C. The highest BCUT2D eigenvalue weighted by molar-refractivity contribution is 6.12. The van der Waals surface area contributed by atoms with E-state index < -0.39 is 11.9 Å². The summed E-state index contributed by atoms with van der Waals surface area (Å²) in [5.74, 6) is -0.388. The van der Waals surface area contributed by atoms with E-state index in [0.717, 1.165) is 21.9 Å². The second-order valence-electron chi connectivity index (χ2n) is 7.00. The molecule has 0 radical (unpaired) electrons. The van der Waals surface area contributed by atoms with Gasteiger partial charge in [0.05, 0.1) is 7.11 Å². The number of nitrogens with one attached hydrogen (secondary N) is 1. The Morgan fingerprint density at radius 2 is 1.74 bits per heavy atom. The maximum Gasteiger partial charge on any atom is 0.343 e. The van der Waals surface area contributed by atoms with Crippen molar-refractivity contribution in [1.82, 2.24) is 0 Å². The maximum absolute atomic E-state index is 12.8. The van der Waals surface area contributed by atoms with Crippen LogP contribution in [0, 0.1) is 25.2 Å². The van der Waals surface area contributed by atoms with Crippen molar-refractivity contribution in [2.75, 3.05) is 19.0 Å². The van der Waals surface area contributed by atoms with Crippen LogP contribution in [0.15, 0.2) is 60.2 Å². The van der Waals surface area contributed by atoms with Gasteiger partial charge in [0.15, 0.2) is 6.61 Å². The Labute approximate surface area is 180 Å². The van der Waals surface area contributed by atoms with Crippen LogP contribution in [0.2, 0.25) is 0 Å². The van der Waals surface area contributed by atoms with Crippen LogP contribution in [-0.2, 0) is 14.3 Å². The highest BCUT2D eigenvalue weighted by atomic mass is 16.6. The van der Waals surface area contributed by atoms with Gasteiger partial charge in [-0.15, -0.1) is 0 Å². The number of rotatable bonds is 6. The molecule has 1 N–H and O–H groups in total. The van der Waals surface area contributed by atoms with Crippen molar-refractivity contribution in [2.24, 2.45) is 0 Å². The lowest BCUT2D eigenvalue weighted by molar-refractivity contribution is -0.142. The van der Waals surface area contributed by atoms with E-state index in [1.54, 1.807) is 18.2 Å². The van der Waals surface area contributed by atoms with Gasteiger partial charge in [-0.05, 0) is 60.2 Å². The minimum Gasteiger partial charge on any atom is -0.481 e. The van der Waals surface area contributed by atoms with E-state index in [1.165, 1.54) is 13.2 Å². The summed E-state index contributed by atoms with van der Waals surface area (Å²) in [6, 6.07) is 18.9. The molecule has 0 heterocycles. The molecular weight excluding hydrogens is 392 g/mol. The summed E-state index contributed by atoms with van der Waals surface area (Å²) in [5, 5.41) is 14.3. The van der Waals surface area contributed by atoms with Crippen LogP contribution in [0.25, 0.3) is 16.8 Å². The molecule has 0 saturated carbocycles. The van der Waals surface area contributed by atoms with Crippen LogP contribution < -0.4 is 10.1 Å². The minimum atomic E-state index is -0.486. The van der Waals surface area contributed by atoms with Crippen LogP contribution in [0.1, 0.15) is 16.7 Å². The van der Waals surface area contributed by atoms with Gasteiger partial charge >= 0.3 is 5.97 Å². The second kappa shape index (κ2) is 9.59. The van der Waals surface area contributed by atoms with Gasteiger partial charge < -0.3 is 14.8 Å². The highest BCUT2D eigenvalue weighted by Gasteiger charge is 2.13. The standard InChI is InChI=1S/C25H22N2O4/c1-16-11-18(12-17(2)24(16)31-15-23(28)30-3)13-20(14-26)25(29)27-22-10-6-8-19-7-4-5-9-21(19)22/h4-13H,15H2,1-3H3,(H,27,29)/b20-13-. The van der Waals surface area contributed by atoms with Crippen LogP contribution in [0.5, 0.6) is 5.75 Å². The molecule has 0 bridgehead atoms. The van der Waals surface area contributed by atoms with Gasteiger partial charge in [0.2, 0.25) is 0 Å². The van der Waals surface area contributed by atoms with Crippen molar-refractivity contribution in [3.8, 4) is 11.8 Å². The number of fused-ring (bicyclic) bond motifs is 1. The number of hydrogen-bond donors (Lipinski definition) is 1. The number of aryl methyl sites for hydroxylation is 2. The molecule has 0 saturated heterocycles. The average molecular weight is 414 g/mol. The van der Waals surface area contributed by atoms with E-state index in [-0.39, 0.29) is 12.2 Å². The number of nitriles is 1. The smallest absolute Gasteiger partial charge is 0.343 e. The average Bonchev–Trinajstić information content (AvgIpc) is 2.76. The Hall–Kier alpha value is -4.11. The first kappa shape index (κ1) is 21.6. The Morgan fingerprint density at radius 3 is 2.42 bits per heavy atom. The Morgan fingerprint density at radius 1 is 1.06 bits per heavy atom. The molecule has 6 heteroatoms. The van der Waals surface area contributed by atoms with Crippen molar-refractivity contribution in [2.45, 2.75) is 13.8 Å². The molecule has 0 unspecified atom stereocenters. The van der Waals surface area contributed by atoms with Gasteiger partial charge in [-0.1, -0.05) is 36.4 Å². The van der Waals surface area contributed by atoms with Crippen molar-refractivity contribution < 1.29 is 19.1 Å². The monoisotopic (exact) mass is 414 g/mol. The summed E-state index contributed by atoms with van der Waals surface area (Å²) in [4.78, 5) is 24.1. The third-order valence-electron chi connectivity index (χ3n) is 4.76. The van der Waals surface area contributed by atoms with Crippen LogP contribution >= 0.6 is 0 Å². The Bertz CT molecular complexity index is 1190. The summed E-state index contributed by atoms with van der Waals surface area (Å²) in [7, 11) is 1.30. The first-order chi connectivity index (χ1) is 14.9. The van der Waals surface area contributed by atoms with E-state index in [9.17, 15) is 14.9 Å². The van der Waals surface area contributed by atoms with Gasteiger partial charge in [0.1, 0.15) is 17.4 Å². The van der Waals surface area contributed by atoms with Gasteiger partial charge in [0.25, 0.3) is 5.91 Å². The molecular formula is C25H22N2O4. The number of carbonyl (C=O) groups excluding carboxylic acids is 2. The van der Waals surface area contributed by atoms with E-state index in [1.807, 2.05) is 56.3 Å². The molecule has 0 atom stereocenters. The summed E-state index contributed by atoms with van der Waals surface area (Å²) < 4.78 is 10.1. The molecule has 0 aliphatic heterocycles. The third-order valence-corrected chi connectivity index (χ3v) is 4.76. The van der Waals surface area contributed by atoms with Gasteiger partial charge in [-0.3, -0.25) is 4.79 Å². The normalized spacial score (nSPS) is 11.0. The van der Waals surface area contributed by atoms with Crippen molar-refractivity contribution in [3.05, 3.63) is 76.9 Å². The highest BCUT2D eigenvalue weighted by Crippen LogP contribution is 2.27. The summed E-state index contributed by atoms with van der Waals surface area (Å²) >= 11 is 0. The van der Waals surface area contributed by atoms with Gasteiger partial charge in [0, 0.05) is 11.1 Å². The Kier molecular flexibility index (Phi) is 6.68. The maximum atomic E-state index is 12.8. The van der Waals surface area contributed by atoms with Crippen molar-refractivity contribution in [1.29, 1.82) is 5.26 Å². The number of esters is 1. The summed E-state index contributed by atoms with van der Waals surface area (Å²) in [6.07, 6.45) is 1.53. The minimum absolute atomic E-state index is 0.0186. The number of nitrogens with zero attached hydrogens (tertiary/aromatic N) is 1. The van der Waals surface area contributed by atoms with Crippen LogP contribution in [0.3, 0.4) is 0 Å².